The van der Waals surface area contributed by atoms with Crippen molar-refractivity contribution in [2.45, 2.75) is 48.4 Å². The van der Waals surface area contributed by atoms with Gasteiger partial charge in [0.2, 0.25) is 0 Å². The van der Waals surface area contributed by atoms with Crippen molar-refractivity contribution < 1.29 is 24.4 Å². The average Bonchev–Trinajstić information content (AvgIpc) is 2.87. The topological polar surface area (TPSA) is 68.2 Å². The Bertz CT molecular complexity index is 286. The molecule has 0 aliphatic carbocycles. The molecule has 2 heterocycles. The van der Waals surface area contributed by atoms with E-state index >= 15 is 0 Å². The van der Waals surface area contributed by atoms with Crippen LogP contribution in [-0.2, 0) is 14.2 Å². The molecule has 0 bridgehead atoms. The molecule has 0 aromatic rings. The lowest BCUT2D eigenvalue weighted by atomic mass is 9.96. The van der Waals surface area contributed by atoms with Gasteiger partial charge in [0.05, 0.1) is 31.4 Å². The lowest BCUT2D eigenvalue weighted by Crippen LogP contribution is -2.27. The van der Waals surface area contributed by atoms with Gasteiger partial charge in [-0.2, -0.15) is 0 Å². The molecular formula is C11H22B2O5S. The van der Waals surface area contributed by atoms with Gasteiger partial charge < -0.3 is 24.4 Å². The molecule has 5 nitrogen and oxygen atoms in total. The highest BCUT2D eigenvalue weighted by molar-refractivity contribution is 7.99. The molecule has 2 saturated heterocycles. The van der Waals surface area contributed by atoms with Crippen LogP contribution in [0.1, 0.15) is 12.8 Å². The first-order valence-corrected chi connectivity index (χ1v) is 7.94. The van der Waals surface area contributed by atoms with Gasteiger partial charge in [0.25, 0.3) is 0 Å². The fraction of sp³-hybridized carbons (Fsp3) is 1.00. The zero-order chi connectivity index (χ0) is 13.8. The average molecular weight is 288 g/mol. The van der Waals surface area contributed by atoms with Crippen molar-refractivity contribution in [1.29, 1.82) is 0 Å². The SMILES string of the molecule is B[C@H]1CC(SCOC[C@H]2O[C@@H](B)C[C@H]2O)[C@@H](CO)O1. The second kappa shape index (κ2) is 7.33. The molecule has 2 aliphatic rings. The summed E-state index contributed by atoms with van der Waals surface area (Å²) in [7, 11) is 3.98. The molecule has 0 saturated carbocycles. The van der Waals surface area contributed by atoms with Gasteiger partial charge in [-0.05, 0) is 12.8 Å². The number of aliphatic hydroxyl groups is 2. The molecule has 2 fully saturated rings. The number of ether oxygens (including phenoxy) is 3. The Labute approximate surface area is 120 Å². The zero-order valence-electron chi connectivity index (χ0n) is 11.5. The first-order chi connectivity index (χ1) is 9.10. The molecule has 19 heavy (non-hydrogen) atoms. The number of thioether (sulfide) groups is 1. The fourth-order valence-electron chi connectivity index (χ4n) is 2.64. The summed E-state index contributed by atoms with van der Waals surface area (Å²) >= 11 is 1.66. The van der Waals surface area contributed by atoms with E-state index in [0.717, 1.165) is 6.42 Å². The maximum atomic E-state index is 9.72. The Morgan fingerprint density at radius 3 is 2.47 bits per heavy atom. The van der Waals surface area contributed by atoms with Gasteiger partial charge in [-0.15, -0.1) is 11.8 Å². The lowest BCUT2D eigenvalue weighted by Gasteiger charge is -2.17. The molecule has 8 heteroatoms. The van der Waals surface area contributed by atoms with Crippen LogP contribution in [0.5, 0.6) is 0 Å². The van der Waals surface area contributed by atoms with Crippen LogP contribution >= 0.6 is 11.8 Å². The summed E-state index contributed by atoms with van der Waals surface area (Å²) in [5.41, 5.74) is 0. The van der Waals surface area contributed by atoms with Crippen molar-refractivity contribution in [1.82, 2.24) is 0 Å². The van der Waals surface area contributed by atoms with Gasteiger partial charge in [0, 0.05) is 17.3 Å². The number of aliphatic hydroxyl groups excluding tert-OH is 2. The Morgan fingerprint density at radius 2 is 1.84 bits per heavy atom. The summed E-state index contributed by atoms with van der Waals surface area (Å²) in [5, 5.41) is 19.2. The van der Waals surface area contributed by atoms with E-state index in [1.54, 1.807) is 11.8 Å². The largest absolute Gasteiger partial charge is 0.394 e. The van der Waals surface area contributed by atoms with Gasteiger partial charge in [0.1, 0.15) is 21.8 Å². The minimum absolute atomic E-state index is 0.0595. The van der Waals surface area contributed by atoms with Crippen molar-refractivity contribution in [2.24, 2.45) is 0 Å². The first kappa shape index (κ1) is 15.7. The van der Waals surface area contributed by atoms with Gasteiger partial charge in [0.15, 0.2) is 0 Å². The fourth-order valence-corrected chi connectivity index (χ4v) is 3.78. The summed E-state index contributed by atoms with van der Waals surface area (Å²) in [6.45, 7) is 0.482. The van der Waals surface area contributed by atoms with Gasteiger partial charge in [-0.1, -0.05) is 0 Å². The van der Waals surface area contributed by atoms with Crippen LogP contribution in [0.25, 0.3) is 0 Å². The lowest BCUT2D eigenvalue weighted by molar-refractivity contribution is -0.0206. The molecule has 6 atom stereocenters. The molecular weight excluding hydrogens is 266 g/mol. The monoisotopic (exact) mass is 288 g/mol. The van der Waals surface area contributed by atoms with E-state index < -0.39 is 6.10 Å². The summed E-state index contributed by atoms with van der Waals surface area (Å²) in [6, 6.07) is 0.314. The van der Waals surface area contributed by atoms with Crippen LogP contribution in [0.3, 0.4) is 0 Å². The minimum Gasteiger partial charge on any atom is -0.394 e. The standard InChI is InChI=1S/C11H22B2O5S/c12-10-1-6(15)8(18-10)4-16-5-19-9-2-11(13)17-7(9)3-14/h6-11,14-15H,1-5,12-13H2/t6-,7-,8-,9?,10-,11-/m1/s1. The van der Waals surface area contributed by atoms with Gasteiger partial charge >= 0.3 is 0 Å². The van der Waals surface area contributed by atoms with E-state index in [1.165, 1.54) is 0 Å². The van der Waals surface area contributed by atoms with E-state index in [0.29, 0.717) is 19.0 Å². The molecule has 0 radical (unpaired) electrons. The third-order valence-corrected chi connectivity index (χ3v) is 4.85. The van der Waals surface area contributed by atoms with Crippen molar-refractivity contribution in [3.05, 3.63) is 0 Å². The van der Waals surface area contributed by atoms with E-state index in [4.69, 9.17) is 14.2 Å². The van der Waals surface area contributed by atoms with Crippen molar-refractivity contribution in [2.75, 3.05) is 19.2 Å². The molecule has 108 valence electrons. The maximum Gasteiger partial charge on any atom is 0.139 e. The predicted octanol–water partition coefficient (Wildman–Crippen LogP) is -2.09. The highest BCUT2D eigenvalue weighted by Gasteiger charge is 2.33. The highest BCUT2D eigenvalue weighted by Crippen LogP contribution is 2.29. The molecule has 2 rings (SSSR count). The highest BCUT2D eigenvalue weighted by atomic mass is 32.2. The molecule has 2 aliphatic heterocycles. The third-order valence-electron chi connectivity index (χ3n) is 3.62. The smallest absolute Gasteiger partial charge is 0.139 e. The van der Waals surface area contributed by atoms with E-state index in [2.05, 4.69) is 0 Å². The summed E-state index contributed by atoms with van der Waals surface area (Å²) in [5.74, 6) is 0.540. The van der Waals surface area contributed by atoms with E-state index in [-0.39, 0.29) is 36.1 Å². The van der Waals surface area contributed by atoms with Crippen LogP contribution in [-0.4, -0.2) is 80.6 Å². The van der Waals surface area contributed by atoms with Crippen LogP contribution < -0.4 is 0 Å². The van der Waals surface area contributed by atoms with Crippen LogP contribution in [0.4, 0.5) is 0 Å². The Balaban J connectivity index is 1.61. The maximum absolute atomic E-state index is 9.72. The third kappa shape index (κ3) is 4.37. The van der Waals surface area contributed by atoms with Crippen LogP contribution in [0.2, 0.25) is 0 Å². The summed E-state index contributed by atoms with van der Waals surface area (Å²) < 4.78 is 16.7. The van der Waals surface area contributed by atoms with Crippen molar-refractivity contribution in [3.8, 4) is 0 Å². The van der Waals surface area contributed by atoms with Crippen molar-refractivity contribution in [3.63, 3.8) is 0 Å². The Morgan fingerprint density at radius 1 is 1.16 bits per heavy atom. The zero-order valence-corrected chi connectivity index (χ0v) is 12.3. The molecule has 0 aromatic carbocycles. The minimum atomic E-state index is -0.417. The number of hydrogen-bond donors (Lipinski definition) is 2. The summed E-state index contributed by atoms with van der Waals surface area (Å²) in [4.78, 5) is 0. The quantitative estimate of drug-likeness (QED) is 0.332. The normalized spacial score (nSPS) is 42.8. The van der Waals surface area contributed by atoms with Gasteiger partial charge in [-0.3, -0.25) is 0 Å². The van der Waals surface area contributed by atoms with Crippen molar-refractivity contribution >= 4 is 27.5 Å². The molecule has 1 unspecified atom stereocenters. The second-order valence-corrected chi connectivity index (χ2v) is 6.56. The summed E-state index contributed by atoms with van der Waals surface area (Å²) in [6.07, 6.45) is 0.917. The Kier molecular flexibility index (Phi) is 6.05. The number of hydrogen-bond acceptors (Lipinski definition) is 6. The molecule has 0 spiro atoms. The Hall–Kier alpha value is 0.280. The second-order valence-electron chi connectivity index (χ2n) is 5.39. The van der Waals surface area contributed by atoms with Gasteiger partial charge in [-0.25, -0.2) is 0 Å². The number of rotatable bonds is 6. The van der Waals surface area contributed by atoms with Crippen LogP contribution in [0, 0.1) is 0 Å². The first-order valence-electron chi connectivity index (χ1n) is 6.89. The molecule has 2 N–H and O–H groups in total. The van der Waals surface area contributed by atoms with E-state index in [9.17, 15) is 10.2 Å². The van der Waals surface area contributed by atoms with E-state index in [1.807, 2.05) is 15.7 Å². The van der Waals surface area contributed by atoms with Crippen LogP contribution in [0.15, 0.2) is 0 Å². The molecule has 0 amide bonds. The molecule has 0 aromatic heterocycles. The predicted molar refractivity (Wildman–Crippen MR) is 78.9 cm³/mol.